The first-order valence-corrected chi connectivity index (χ1v) is 16.8. The van der Waals surface area contributed by atoms with E-state index in [9.17, 15) is 4.79 Å². The second kappa shape index (κ2) is 29.0. The molecule has 0 rings (SSSR count). The molecule has 0 bridgehead atoms. The zero-order chi connectivity index (χ0) is 26.5. The van der Waals surface area contributed by atoms with Crippen LogP contribution in [0, 0.1) is 5.92 Å². The van der Waals surface area contributed by atoms with Gasteiger partial charge in [0, 0.05) is 20.0 Å². The van der Waals surface area contributed by atoms with Gasteiger partial charge in [0.25, 0.3) is 0 Å². The topological polar surface area (TPSA) is 20.3 Å². The van der Waals surface area contributed by atoms with Crippen LogP contribution >= 0.6 is 0 Å². The number of hydrogen-bond donors (Lipinski definition) is 0. The van der Waals surface area contributed by atoms with E-state index < -0.39 is 0 Å². The summed E-state index contributed by atoms with van der Waals surface area (Å²) in [6, 6.07) is 0. The summed E-state index contributed by atoms with van der Waals surface area (Å²) < 4.78 is 0. The van der Waals surface area contributed by atoms with Gasteiger partial charge in [0.1, 0.15) is 0 Å². The smallest absolute Gasteiger partial charge is 0.225 e. The number of amides is 1. The maximum Gasteiger partial charge on any atom is 0.225 e. The van der Waals surface area contributed by atoms with Gasteiger partial charge in [0.2, 0.25) is 5.91 Å². The molecule has 0 saturated heterocycles. The van der Waals surface area contributed by atoms with E-state index in [-0.39, 0.29) is 5.92 Å². The number of carbonyl (C=O) groups is 1. The van der Waals surface area contributed by atoms with E-state index in [1.165, 1.54) is 167 Å². The molecule has 0 aliphatic carbocycles. The molecule has 216 valence electrons. The van der Waals surface area contributed by atoms with Crippen LogP contribution in [0.5, 0.6) is 0 Å². The van der Waals surface area contributed by atoms with E-state index in [0.717, 1.165) is 12.8 Å². The molecule has 0 spiro atoms. The monoisotopic (exact) mass is 508 g/mol. The minimum atomic E-state index is 0.264. The minimum Gasteiger partial charge on any atom is -0.349 e. The summed E-state index contributed by atoms with van der Waals surface area (Å²) in [5.41, 5.74) is 0. The van der Waals surface area contributed by atoms with Gasteiger partial charge in [-0.2, -0.15) is 0 Å². The van der Waals surface area contributed by atoms with Crippen LogP contribution in [0.1, 0.15) is 194 Å². The Morgan fingerprint density at radius 1 is 0.417 bits per heavy atom. The van der Waals surface area contributed by atoms with Crippen molar-refractivity contribution in [3.63, 3.8) is 0 Å². The summed E-state index contributed by atoms with van der Waals surface area (Å²) in [5, 5.41) is 0. The molecule has 36 heavy (non-hydrogen) atoms. The fourth-order valence-corrected chi connectivity index (χ4v) is 5.57. The molecule has 0 heterocycles. The van der Waals surface area contributed by atoms with Gasteiger partial charge in [0.05, 0.1) is 0 Å². The highest BCUT2D eigenvalue weighted by Gasteiger charge is 2.19. The number of nitrogens with zero attached hydrogens (tertiary/aromatic N) is 1. The van der Waals surface area contributed by atoms with Crippen LogP contribution < -0.4 is 0 Å². The second-order valence-corrected chi connectivity index (χ2v) is 12.0. The highest BCUT2D eigenvalue weighted by Crippen LogP contribution is 2.21. The first-order chi connectivity index (χ1) is 17.6. The highest BCUT2D eigenvalue weighted by atomic mass is 16.2. The predicted molar refractivity (Wildman–Crippen MR) is 163 cm³/mol. The van der Waals surface area contributed by atoms with Crippen molar-refractivity contribution in [2.24, 2.45) is 5.92 Å². The maximum absolute atomic E-state index is 12.7. The highest BCUT2D eigenvalue weighted by molar-refractivity contribution is 5.78. The van der Waals surface area contributed by atoms with E-state index in [0.29, 0.717) is 5.91 Å². The third-order valence-electron chi connectivity index (χ3n) is 8.10. The lowest BCUT2D eigenvalue weighted by Gasteiger charge is -2.20. The second-order valence-electron chi connectivity index (χ2n) is 12.0. The van der Waals surface area contributed by atoms with Gasteiger partial charge >= 0.3 is 0 Å². The van der Waals surface area contributed by atoms with Gasteiger partial charge < -0.3 is 4.90 Å². The summed E-state index contributed by atoms with van der Waals surface area (Å²) in [6.07, 6.45) is 38.4. The Balaban J connectivity index is 3.65. The molecule has 0 radical (unpaired) electrons. The molecule has 0 aliphatic heterocycles. The summed E-state index contributed by atoms with van der Waals surface area (Å²) in [5.74, 6) is 0.633. The van der Waals surface area contributed by atoms with Gasteiger partial charge in [-0.15, -0.1) is 0 Å². The predicted octanol–water partition coefficient (Wildman–Crippen LogP) is 11.7. The minimum absolute atomic E-state index is 0.264. The van der Waals surface area contributed by atoms with Crippen LogP contribution in [-0.4, -0.2) is 24.9 Å². The zero-order valence-corrected chi connectivity index (χ0v) is 25.7. The fourth-order valence-electron chi connectivity index (χ4n) is 5.57. The van der Waals surface area contributed by atoms with Crippen molar-refractivity contribution in [3.8, 4) is 0 Å². The van der Waals surface area contributed by atoms with E-state index in [1.807, 2.05) is 19.0 Å². The molecular weight excluding hydrogens is 438 g/mol. The van der Waals surface area contributed by atoms with Crippen molar-refractivity contribution in [1.29, 1.82) is 0 Å². The Morgan fingerprint density at radius 2 is 0.639 bits per heavy atom. The molecule has 1 unspecified atom stereocenters. The van der Waals surface area contributed by atoms with Crippen LogP contribution in [0.3, 0.4) is 0 Å². The third kappa shape index (κ3) is 25.1. The van der Waals surface area contributed by atoms with Crippen LogP contribution in [0.15, 0.2) is 0 Å². The van der Waals surface area contributed by atoms with Gasteiger partial charge in [-0.05, 0) is 12.8 Å². The first kappa shape index (κ1) is 35.5. The lowest BCUT2D eigenvalue weighted by molar-refractivity contribution is -0.133. The molecule has 0 aromatic carbocycles. The molecule has 0 aromatic heterocycles. The number of hydrogen-bond acceptors (Lipinski definition) is 1. The maximum atomic E-state index is 12.7. The average Bonchev–Trinajstić information content (AvgIpc) is 2.87. The molecule has 0 fully saturated rings. The number of rotatable bonds is 29. The number of carbonyl (C=O) groups excluding carboxylic acids is 1. The SMILES string of the molecule is CCCCCCCCCCCCCCCCC(CCCCCCCCCCCCCC)C(=O)N(C)C. The molecule has 0 aromatic rings. The van der Waals surface area contributed by atoms with Crippen molar-refractivity contribution in [2.45, 2.75) is 194 Å². The molecule has 1 amide bonds. The van der Waals surface area contributed by atoms with Crippen molar-refractivity contribution in [2.75, 3.05) is 14.1 Å². The Morgan fingerprint density at radius 3 is 0.861 bits per heavy atom. The quantitative estimate of drug-likeness (QED) is 0.0921. The van der Waals surface area contributed by atoms with Crippen LogP contribution in [-0.2, 0) is 4.79 Å². The molecule has 0 N–H and O–H groups in total. The summed E-state index contributed by atoms with van der Waals surface area (Å²) >= 11 is 0. The fraction of sp³-hybridized carbons (Fsp3) is 0.971. The third-order valence-corrected chi connectivity index (χ3v) is 8.10. The summed E-state index contributed by atoms with van der Waals surface area (Å²) in [4.78, 5) is 14.5. The van der Waals surface area contributed by atoms with Crippen molar-refractivity contribution >= 4 is 5.91 Å². The van der Waals surface area contributed by atoms with E-state index in [2.05, 4.69) is 13.8 Å². The summed E-state index contributed by atoms with van der Waals surface area (Å²) in [7, 11) is 3.87. The van der Waals surface area contributed by atoms with E-state index >= 15 is 0 Å². The van der Waals surface area contributed by atoms with Crippen molar-refractivity contribution < 1.29 is 4.79 Å². The van der Waals surface area contributed by atoms with Gasteiger partial charge in [-0.25, -0.2) is 0 Å². The Bertz CT molecular complexity index is 433. The molecule has 2 heteroatoms. The van der Waals surface area contributed by atoms with Crippen molar-refractivity contribution in [1.82, 2.24) is 4.90 Å². The first-order valence-electron chi connectivity index (χ1n) is 16.8. The standard InChI is InChI=1S/C34H69NO/c1-5-7-9-11-13-15-17-19-20-22-24-26-28-30-32-33(34(36)35(3)4)31-29-27-25-23-21-18-16-14-12-10-8-6-2/h33H,5-32H2,1-4H3. The molecule has 2 nitrogen and oxygen atoms in total. The Labute approximate surface area is 229 Å². The Kier molecular flexibility index (Phi) is 28.6. The number of unbranched alkanes of at least 4 members (excludes halogenated alkanes) is 24. The van der Waals surface area contributed by atoms with E-state index in [1.54, 1.807) is 0 Å². The largest absolute Gasteiger partial charge is 0.349 e. The average molecular weight is 508 g/mol. The van der Waals surface area contributed by atoms with E-state index in [4.69, 9.17) is 0 Å². The van der Waals surface area contributed by atoms with Crippen LogP contribution in [0.25, 0.3) is 0 Å². The zero-order valence-electron chi connectivity index (χ0n) is 25.7. The molecule has 0 saturated carbocycles. The normalized spacial score (nSPS) is 12.2. The van der Waals surface area contributed by atoms with Crippen LogP contribution in [0.2, 0.25) is 0 Å². The van der Waals surface area contributed by atoms with Crippen molar-refractivity contribution in [3.05, 3.63) is 0 Å². The molecular formula is C34H69NO. The lowest BCUT2D eigenvalue weighted by atomic mass is 9.93. The lowest BCUT2D eigenvalue weighted by Crippen LogP contribution is -2.29. The summed E-state index contributed by atoms with van der Waals surface area (Å²) in [6.45, 7) is 4.58. The Hall–Kier alpha value is -0.530. The van der Waals surface area contributed by atoms with Gasteiger partial charge in [0.15, 0.2) is 0 Å². The molecule has 0 aliphatic rings. The van der Waals surface area contributed by atoms with Crippen LogP contribution in [0.4, 0.5) is 0 Å². The van der Waals surface area contributed by atoms with Gasteiger partial charge in [-0.3, -0.25) is 4.79 Å². The molecule has 1 atom stereocenters. The van der Waals surface area contributed by atoms with Gasteiger partial charge in [-0.1, -0.05) is 181 Å².